The molecule has 3 heterocycles. The molecule has 3 fully saturated rings. The maximum absolute atomic E-state index is 14.1. The van der Waals surface area contributed by atoms with Crippen LogP contribution in [0.3, 0.4) is 0 Å². The van der Waals surface area contributed by atoms with Crippen molar-refractivity contribution in [2.24, 2.45) is 17.3 Å². The molecule has 6 atom stereocenters. The summed E-state index contributed by atoms with van der Waals surface area (Å²) in [5.41, 5.74) is -1.81. The zero-order valence-electron chi connectivity index (χ0n) is 23.3. The van der Waals surface area contributed by atoms with E-state index in [2.05, 4.69) is 31.4 Å². The molecular weight excluding hydrogens is 470 g/mol. The third-order valence-corrected chi connectivity index (χ3v) is 8.36. The van der Waals surface area contributed by atoms with E-state index in [9.17, 15) is 19.5 Å². The lowest BCUT2D eigenvalue weighted by Crippen LogP contribution is -2.61. The van der Waals surface area contributed by atoms with Crippen molar-refractivity contribution in [3.8, 4) is 0 Å². The molecule has 0 aliphatic carbocycles. The zero-order valence-corrected chi connectivity index (χ0v) is 23.3. The number of fused-ring (bicyclic) bond motifs is 1. The van der Waals surface area contributed by atoms with E-state index in [1.807, 2.05) is 51.1 Å². The monoisotopic (exact) mass is 513 g/mol. The molecule has 8 heteroatoms. The Morgan fingerprint density at radius 3 is 2.35 bits per heavy atom. The predicted octanol–water partition coefficient (Wildman–Crippen LogP) is 3.49. The summed E-state index contributed by atoms with van der Waals surface area (Å²) in [6.45, 7) is 13.8. The SMILES string of the molecule is CC[C@]12CCC3(O1)C(C(=O)NC(C)(C)CC(C)(C)C)N([C@H](C)CO)C(=O)[C@@H]3[C@H]2C(=O)Nc1ccccc1. The number of nitrogens with one attached hydrogen (secondary N) is 2. The van der Waals surface area contributed by atoms with Gasteiger partial charge in [0.25, 0.3) is 0 Å². The number of aliphatic hydroxyl groups is 1. The first-order valence-electron chi connectivity index (χ1n) is 13.5. The smallest absolute Gasteiger partial charge is 0.246 e. The minimum atomic E-state index is -1.11. The molecule has 3 amide bonds. The highest BCUT2D eigenvalue weighted by molar-refractivity contribution is 6.02. The Balaban J connectivity index is 1.73. The highest BCUT2D eigenvalue weighted by Gasteiger charge is 2.79. The van der Waals surface area contributed by atoms with E-state index in [1.54, 1.807) is 6.92 Å². The third-order valence-electron chi connectivity index (χ3n) is 8.36. The van der Waals surface area contributed by atoms with Crippen molar-refractivity contribution >= 4 is 23.4 Å². The lowest BCUT2D eigenvalue weighted by molar-refractivity contribution is -0.150. The summed E-state index contributed by atoms with van der Waals surface area (Å²) in [7, 11) is 0. The number of para-hydroxylation sites is 1. The number of likely N-dealkylation sites (tertiary alicyclic amines) is 1. The van der Waals surface area contributed by atoms with Crippen molar-refractivity contribution in [3.05, 3.63) is 30.3 Å². The summed E-state index contributed by atoms with van der Waals surface area (Å²) >= 11 is 0. The maximum atomic E-state index is 14.1. The first kappa shape index (κ1) is 27.6. The summed E-state index contributed by atoms with van der Waals surface area (Å²) in [4.78, 5) is 43.4. The number of aliphatic hydroxyl groups excluding tert-OH is 1. The van der Waals surface area contributed by atoms with Crippen LogP contribution in [-0.4, -0.2) is 63.2 Å². The maximum Gasteiger partial charge on any atom is 0.246 e. The number of nitrogens with zero attached hydrogens (tertiary/aromatic N) is 1. The van der Waals surface area contributed by atoms with Crippen molar-refractivity contribution in [2.45, 2.75) is 103 Å². The van der Waals surface area contributed by atoms with Crippen LogP contribution in [0.5, 0.6) is 0 Å². The average Bonchev–Trinajstić information content (AvgIpc) is 3.40. The Kier molecular flexibility index (Phi) is 6.99. The third kappa shape index (κ3) is 4.67. The highest BCUT2D eigenvalue weighted by atomic mass is 16.5. The molecule has 0 aromatic heterocycles. The second kappa shape index (κ2) is 9.38. The molecule has 1 spiro atoms. The molecule has 3 aliphatic heterocycles. The van der Waals surface area contributed by atoms with Gasteiger partial charge in [0.2, 0.25) is 17.7 Å². The van der Waals surface area contributed by atoms with E-state index in [0.717, 1.165) is 6.42 Å². The summed E-state index contributed by atoms with van der Waals surface area (Å²) < 4.78 is 6.77. The van der Waals surface area contributed by atoms with Crippen molar-refractivity contribution in [3.63, 3.8) is 0 Å². The van der Waals surface area contributed by atoms with Crippen molar-refractivity contribution < 1.29 is 24.2 Å². The molecule has 1 aromatic rings. The van der Waals surface area contributed by atoms with Gasteiger partial charge in [0.05, 0.1) is 30.1 Å². The Bertz CT molecular complexity index is 1050. The van der Waals surface area contributed by atoms with Crippen LogP contribution in [0.15, 0.2) is 30.3 Å². The number of hydrogen-bond acceptors (Lipinski definition) is 5. The number of ether oxygens (including phenoxy) is 1. The molecule has 3 N–H and O–H groups in total. The van der Waals surface area contributed by atoms with Crippen LogP contribution in [0.25, 0.3) is 0 Å². The second-order valence-electron chi connectivity index (χ2n) is 13.1. The largest absolute Gasteiger partial charge is 0.394 e. The molecule has 2 unspecified atom stereocenters. The minimum Gasteiger partial charge on any atom is -0.394 e. The number of carbonyl (C=O) groups is 3. The van der Waals surface area contributed by atoms with Crippen molar-refractivity contribution in [1.29, 1.82) is 0 Å². The molecular formula is C29H43N3O5. The summed E-state index contributed by atoms with van der Waals surface area (Å²) in [6, 6.07) is 7.66. The number of benzene rings is 1. The Labute approximate surface area is 220 Å². The summed E-state index contributed by atoms with van der Waals surface area (Å²) in [6.07, 6.45) is 2.40. The molecule has 3 saturated heterocycles. The standard InChI is InChI=1S/C29H43N3O5/c1-8-28-14-15-29(37-28)21(20(28)23(34)30-19-12-10-9-11-13-19)25(36)32(18(2)16-33)22(29)24(35)31-27(6,7)17-26(3,4)5/h9-13,18,20-22,33H,8,14-17H2,1-7H3,(H,30,34)(H,31,35)/t18-,20+,21+,22?,28-,29?/m1/s1. The first-order valence-corrected chi connectivity index (χ1v) is 13.5. The van der Waals surface area contributed by atoms with Crippen LogP contribution < -0.4 is 10.6 Å². The molecule has 37 heavy (non-hydrogen) atoms. The topological polar surface area (TPSA) is 108 Å². The van der Waals surface area contributed by atoms with Crippen LogP contribution in [0.2, 0.25) is 0 Å². The van der Waals surface area contributed by atoms with E-state index in [0.29, 0.717) is 24.9 Å². The molecule has 2 bridgehead atoms. The highest BCUT2D eigenvalue weighted by Crippen LogP contribution is 2.64. The van der Waals surface area contributed by atoms with Crippen LogP contribution in [0, 0.1) is 17.3 Å². The fourth-order valence-electron chi connectivity index (χ4n) is 7.43. The Morgan fingerprint density at radius 1 is 1.14 bits per heavy atom. The van der Waals surface area contributed by atoms with Crippen LogP contribution >= 0.6 is 0 Å². The number of hydrogen-bond donors (Lipinski definition) is 3. The van der Waals surface area contributed by atoms with Gasteiger partial charge in [0.15, 0.2) is 0 Å². The zero-order chi connectivity index (χ0) is 27.4. The minimum absolute atomic E-state index is 0.0175. The van der Waals surface area contributed by atoms with Gasteiger partial charge < -0.3 is 25.4 Å². The lowest BCUT2D eigenvalue weighted by Gasteiger charge is -2.39. The molecule has 0 saturated carbocycles. The van der Waals surface area contributed by atoms with Gasteiger partial charge in [0.1, 0.15) is 11.6 Å². The number of carbonyl (C=O) groups excluding carboxylic acids is 3. The van der Waals surface area contributed by atoms with Crippen molar-refractivity contribution in [2.75, 3.05) is 11.9 Å². The Hall–Kier alpha value is -2.45. The van der Waals surface area contributed by atoms with E-state index in [1.165, 1.54) is 4.90 Å². The normalized spacial score (nSPS) is 31.8. The van der Waals surface area contributed by atoms with Gasteiger partial charge in [-0.25, -0.2) is 0 Å². The van der Waals surface area contributed by atoms with Crippen LogP contribution in [0.1, 0.15) is 74.1 Å². The molecule has 1 aromatic carbocycles. The van der Waals surface area contributed by atoms with Crippen LogP contribution in [0.4, 0.5) is 5.69 Å². The van der Waals surface area contributed by atoms with Crippen molar-refractivity contribution in [1.82, 2.24) is 10.2 Å². The second-order valence-corrected chi connectivity index (χ2v) is 13.1. The molecule has 8 nitrogen and oxygen atoms in total. The van der Waals surface area contributed by atoms with E-state index < -0.39 is 40.7 Å². The van der Waals surface area contributed by atoms with E-state index >= 15 is 0 Å². The molecule has 204 valence electrons. The lowest BCUT2D eigenvalue weighted by atomic mass is 9.65. The number of amides is 3. The van der Waals surface area contributed by atoms with Gasteiger partial charge in [-0.05, 0) is 64.0 Å². The van der Waals surface area contributed by atoms with Gasteiger partial charge in [-0.2, -0.15) is 0 Å². The van der Waals surface area contributed by atoms with Gasteiger partial charge in [-0.15, -0.1) is 0 Å². The Morgan fingerprint density at radius 2 is 1.78 bits per heavy atom. The average molecular weight is 514 g/mol. The number of rotatable bonds is 8. The van der Waals surface area contributed by atoms with E-state index in [4.69, 9.17) is 4.74 Å². The van der Waals surface area contributed by atoms with Gasteiger partial charge in [-0.1, -0.05) is 45.9 Å². The van der Waals surface area contributed by atoms with Gasteiger partial charge in [-0.3, -0.25) is 14.4 Å². The molecule has 4 rings (SSSR count). The first-order chi connectivity index (χ1) is 17.2. The number of anilines is 1. The predicted molar refractivity (Wildman–Crippen MR) is 142 cm³/mol. The fourth-order valence-corrected chi connectivity index (χ4v) is 7.43. The summed E-state index contributed by atoms with van der Waals surface area (Å²) in [5.74, 6) is -2.37. The fraction of sp³-hybridized carbons (Fsp3) is 0.690. The van der Waals surface area contributed by atoms with Crippen LogP contribution in [-0.2, 0) is 19.1 Å². The summed E-state index contributed by atoms with van der Waals surface area (Å²) in [5, 5.41) is 16.2. The molecule has 3 aliphatic rings. The van der Waals surface area contributed by atoms with Gasteiger partial charge in [0, 0.05) is 11.2 Å². The quantitative estimate of drug-likeness (QED) is 0.493. The van der Waals surface area contributed by atoms with E-state index in [-0.39, 0.29) is 29.7 Å². The van der Waals surface area contributed by atoms with Gasteiger partial charge >= 0.3 is 0 Å². The molecule has 0 radical (unpaired) electrons.